The maximum atomic E-state index is 13.3. The fourth-order valence-corrected chi connectivity index (χ4v) is 6.38. The van der Waals surface area contributed by atoms with Crippen LogP contribution in [0.2, 0.25) is 0 Å². The summed E-state index contributed by atoms with van der Waals surface area (Å²) in [6, 6.07) is 3.99. The topological polar surface area (TPSA) is 88.7 Å². The van der Waals surface area contributed by atoms with Crippen molar-refractivity contribution in [1.82, 2.24) is 14.5 Å². The zero-order valence-corrected chi connectivity index (χ0v) is 17.5. The lowest BCUT2D eigenvalue weighted by Gasteiger charge is -2.38. The molecule has 3 atom stereocenters. The van der Waals surface area contributed by atoms with E-state index in [1.165, 1.54) is 0 Å². The van der Waals surface area contributed by atoms with Gasteiger partial charge in [-0.2, -0.15) is 0 Å². The number of hydrogen-bond acceptors (Lipinski definition) is 4. The van der Waals surface area contributed by atoms with Crippen molar-refractivity contribution in [3.8, 4) is 0 Å². The first-order valence-corrected chi connectivity index (χ1v) is 10.9. The average Bonchev–Trinajstić information content (AvgIpc) is 3.59. The maximum Gasteiger partial charge on any atom is 0.252 e. The van der Waals surface area contributed by atoms with Crippen LogP contribution in [0.15, 0.2) is 48.4 Å². The lowest BCUT2D eigenvalue weighted by atomic mass is 9.89. The number of rotatable bonds is 1. The quantitative estimate of drug-likeness (QED) is 0.369. The lowest BCUT2D eigenvalue weighted by Crippen LogP contribution is -2.53. The number of ether oxygens (including phenoxy) is 1. The van der Waals surface area contributed by atoms with Crippen molar-refractivity contribution >= 4 is 49.5 Å². The van der Waals surface area contributed by atoms with Crippen LogP contribution < -0.4 is 5.32 Å². The molecule has 5 aromatic rings. The second kappa shape index (κ2) is 5.39. The summed E-state index contributed by atoms with van der Waals surface area (Å²) in [6.45, 7) is 1.11. The number of para-hydroxylation sites is 2. The standard InChI is InChI=1S/C26H21N3O4/c1-25-26(32,12-30)10-18(33-25)28-16-8-4-2-6-13(16)20-21-15(11-27-24(21)31)19-14-7-3-5-9-17(14)29(25)23(19)22(20)28/h2-9,18,30,32H,10-12H2,1H3,(H,27,31)/i3D,5D,6D,7D,9D. The third kappa shape index (κ3) is 1.75. The third-order valence-corrected chi connectivity index (χ3v) is 7.87. The third-order valence-electron chi connectivity index (χ3n) is 7.87. The number of carbonyl (C=O) groups is 1. The predicted octanol–water partition coefficient (Wildman–Crippen LogP) is 3.47. The fraction of sp³-hybridized carbons (Fsp3) is 0.269. The Labute approximate surface area is 194 Å². The van der Waals surface area contributed by atoms with Crippen molar-refractivity contribution in [2.24, 2.45) is 0 Å². The Morgan fingerprint density at radius 2 is 2.00 bits per heavy atom. The second-order valence-corrected chi connectivity index (χ2v) is 9.29. The number of aliphatic hydroxyl groups excluding tert-OH is 1. The molecule has 0 saturated carbocycles. The number of amides is 1. The highest BCUT2D eigenvalue weighted by atomic mass is 16.6. The summed E-state index contributed by atoms with van der Waals surface area (Å²) >= 11 is 0. The van der Waals surface area contributed by atoms with Crippen LogP contribution in [0.4, 0.5) is 0 Å². The van der Waals surface area contributed by atoms with Gasteiger partial charge in [0, 0.05) is 34.5 Å². The van der Waals surface area contributed by atoms with E-state index in [0.717, 1.165) is 0 Å². The van der Waals surface area contributed by atoms with Gasteiger partial charge in [-0.25, -0.2) is 0 Å². The monoisotopic (exact) mass is 444 g/mol. The van der Waals surface area contributed by atoms with E-state index in [2.05, 4.69) is 5.32 Å². The molecule has 2 aromatic heterocycles. The van der Waals surface area contributed by atoms with Crippen LogP contribution in [-0.2, 0) is 17.0 Å². The average molecular weight is 445 g/mol. The zero-order valence-electron chi connectivity index (χ0n) is 22.5. The van der Waals surface area contributed by atoms with Crippen LogP contribution in [0.1, 0.15) is 42.3 Å². The van der Waals surface area contributed by atoms with Gasteiger partial charge in [0.25, 0.3) is 5.91 Å². The number of carbonyl (C=O) groups excluding carboxylic acids is 1. The Morgan fingerprint density at radius 3 is 2.85 bits per heavy atom. The van der Waals surface area contributed by atoms with Crippen LogP contribution in [0.5, 0.6) is 0 Å². The van der Waals surface area contributed by atoms with E-state index in [-0.39, 0.29) is 47.9 Å². The molecule has 3 unspecified atom stereocenters. The van der Waals surface area contributed by atoms with E-state index in [1.54, 1.807) is 23.6 Å². The molecular formula is C26H21N3O4. The molecule has 33 heavy (non-hydrogen) atoms. The summed E-state index contributed by atoms with van der Waals surface area (Å²) in [4.78, 5) is 13.3. The minimum Gasteiger partial charge on any atom is -0.393 e. The molecule has 7 heteroatoms. The number of aromatic nitrogens is 2. The molecule has 3 aliphatic heterocycles. The van der Waals surface area contributed by atoms with E-state index < -0.39 is 36.2 Å². The van der Waals surface area contributed by atoms with Gasteiger partial charge in [0.1, 0.15) is 11.8 Å². The molecule has 7 nitrogen and oxygen atoms in total. The van der Waals surface area contributed by atoms with Crippen LogP contribution in [-0.4, -0.2) is 37.5 Å². The van der Waals surface area contributed by atoms with Gasteiger partial charge in [0.05, 0.1) is 41.1 Å². The van der Waals surface area contributed by atoms with E-state index in [4.69, 9.17) is 11.6 Å². The van der Waals surface area contributed by atoms with Crippen molar-refractivity contribution < 1.29 is 26.6 Å². The van der Waals surface area contributed by atoms with Crippen molar-refractivity contribution in [2.45, 2.75) is 37.4 Å². The maximum absolute atomic E-state index is 13.3. The number of aliphatic hydroxyl groups is 2. The minimum atomic E-state index is -1.81. The SMILES string of the molecule is [2H]c1c([2H])c([2H])c2c(c1[2H])c1c3c(c4c5c([2H])cccc5n5c4c1n2C1(C)OC5CC1(O)CO)C(=O)NC3. The molecule has 3 aromatic carbocycles. The number of nitrogens with one attached hydrogen (secondary N) is 1. The summed E-state index contributed by atoms with van der Waals surface area (Å²) in [5.41, 5.74) is -0.693. The van der Waals surface area contributed by atoms with Crippen molar-refractivity contribution in [3.63, 3.8) is 0 Å². The summed E-state index contributed by atoms with van der Waals surface area (Å²) in [5, 5.41) is 27.0. The molecule has 164 valence electrons. The Hall–Kier alpha value is -3.39. The Bertz CT molecular complexity index is 2000. The normalized spacial score (nSPS) is 30.0. The largest absolute Gasteiger partial charge is 0.393 e. The smallest absolute Gasteiger partial charge is 0.252 e. The first kappa shape index (κ1) is 14.0. The van der Waals surface area contributed by atoms with Gasteiger partial charge in [-0.3, -0.25) is 4.79 Å². The van der Waals surface area contributed by atoms with Crippen molar-refractivity contribution in [1.29, 1.82) is 0 Å². The Morgan fingerprint density at radius 1 is 1.18 bits per heavy atom. The Balaban J connectivity index is 1.82. The van der Waals surface area contributed by atoms with E-state index in [9.17, 15) is 15.0 Å². The molecule has 0 radical (unpaired) electrons. The first-order valence-electron chi connectivity index (χ1n) is 13.4. The molecule has 2 bridgehead atoms. The number of hydrogen-bond donors (Lipinski definition) is 3. The molecule has 1 amide bonds. The van der Waals surface area contributed by atoms with Gasteiger partial charge in [-0.15, -0.1) is 0 Å². The summed E-state index contributed by atoms with van der Waals surface area (Å²) in [5.74, 6) is -0.320. The van der Waals surface area contributed by atoms with Crippen LogP contribution in [0.25, 0.3) is 43.6 Å². The molecule has 3 aliphatic rings. The van der Waals surface area contributed by atoms with Gasteiger partial charge in [0.15, 0.2) is 5.72 Å². The van der Waals surface area contributed by atoms with Gasteiger partial charge >= 0.3 is 0 Å². The summed E-state index contributed by atoms with van der Waals surface area (Å²) < 4.78 is 53.4. The molecule has 0 aliphatic carbocycles. The van der Waals surface area contributed by atoms with Gasteiger partial charge in [0.2, 0.25) is 0 Å². The first-order chi connectivity index (χ1) is 18.1. The van der Waals surface area contributed by atoms with E-state index in [0.29, 0.717) is 43.8 Å². The molecule has 5 heterocycles. The van der Waals surface area contributed by atoms with Gasteiger partial charge in [-0.05, 0) is 24.6 Å². The molecule has 0 spiro atoms. The second-order valence-electron chi connectivity index (χ2n) is 9.29. The number of benzene rings is 3. The van der Waals surface area contributed by atoms with Gasteiger partial charge < -0.3 is 29.4 Å². The minimum absolute atomic E-state index is 0.0175. The number of fused-ring (bicyclic) bond motifs is 13. The van der Waals surface area contributed by atoms with Crippen molar-refractivity contribution in [3.05, 3.63) is 59.5 Å². The fourth-order valence-electron chi connectivity index (χ4n) is 6.38. The van der Waals surface area contributed by atoms with Crippen molar-refractivity contribution in [2.75, 3.05) is 6.61 Å². The van der Waals surface area contributed by atoms with E-state index in [1.807, 2.05) is 10.6 Å². The van der Waals surface area contributed by atoms with E-state index >= 15 is 0 Å². The summed E-state index contributed by atoms with van der Waals surface area (Å²) in [6.07, 6.45) is -0.800. The predicted molar refractivity (Wildman–Crippen MR) is 124 cm³/mol. The van der Waals surface area contributed by atoms with Crippen LogP contribution >= 0.6 is 0 Å². The highest BCUT2D eigenvalue weighted by molar-refractivity contribution is 6.31. The highest BCUT2D eigenvalue weighted by Crippen LogP contribution is 2.57. The molecule has 3 N–H and O–H groups in total. The molecular weight excluding hydrogens is 418 g/mol. The van der Waals surface area contributed by atoms with Crippen LogP contribution in [0, 0.1) is 0 Å². The molecule has 1 saturated heterocycles. The molecule has 1 fully saturated rings. The summed E-state index contributed by atoms with van der Waals surface area (Å²) in [7, 11) is 0. The molecule has 8 rings (SSSR count). The van der Waals surface area contributed by atoms with Crippen LogP contribution in [0.3, 0.4) is 0 Å². The highest BCUT2D eigenvalue weighted by Gasteiger charge is 2.60. The Kier molecular flexibility index (Phi) is 2.29. The zero-order chi connectivity index (χ0) is 26.6. The van der Waals surface area contributed by atoms with Gasteiger partial charge in [-0.1, -0.05) is 36.3 Å². The lowest BCUT2D eigenvalue weighted by molar-refractivity contribution is -0.189. The number of nitrogens with zero attached hydrogens (tertiary/aromatic N) is 2.